The third-order valence-corrected chi connectivity index (χ3v) is 4.39. The number of aryl methyl sites for hydroxylation is 1. The summed E-state index contributed by atoms with van der Waals surface area (Å²) in [5.41, 5.74) is 1.16. The standard InChI is InChI=1S/C23H20F3NO3/c1-15-8-13-20(29-2)19(14-15)27-22(28)21(16-6-4-3-5-7-16)30-18-11-9-17(10-12-18)23(24,25)26/h3-14,21H,1-2H3,(H,27,28)/t21-/m0/s1. The van der Waals surface area contributed by atoms with Crippen LogP contribution in [0.5, 0.6) is 11.5 Å². The van der Waals surface area contributed by atoms with E-state index in [-0.39, 0.29) is 5.75 Å². The number of hydrogen-bond donors (Lipinski definition) is 1. The molecule has 1 atom stereocenters. The molecule has 0 spiro atoms. The van der Waals surface area contributed by atoms with Gasteiger partial charge in [0.2, 0.25) is 6.10 Å². The molecular weight excluding hydrogens is 395 g/mol. The van der Waals surface area contributed by atoms with Crippen molar-refractivity contribution in [1.82, 2.24) is 0 Å². The zero-order chi connectivity index (χ0) is 21.7. The molecule has 156 valence electrons. The summed E-state index contributed by atoms with van der Waals surface area (Å²) in [6.07, 6.45) is -5.52. The Kier molecular flexibility index (Phi) is 6.30. The molecular formula is C23H20F3NO3. The lowest BCUT2D eigenvalue weighted by Gasteiger charge is -2.20. The Labute approximate surface area is 172 Å². The van der Waals surface area contributed by atoms with E-state index in [4.69, 9.17) is 9.47 Å². The second-order valence-corrected chi connectivity index (χ2v) is 6.62. The van der Waals surface area contributed by atoms with Crippen molar-refractivity contribution in [3.63, 3.8) is 0 Å². The monoisotopic (exact) mass is 415 g/mol. The highest BCUT2D eigenvalue weighted by Gasteiger charge is 2.30. The topological polar surface area (TPSA) is 47.6 Å². The van der Waals surface area contributed by atoms with Crippen LogP contribution in [-0.2, 0) is 11.0 Å². The zero-order valence-electron chi connectivity index (χ0n) is 16.4. The first-order chi connectivity index (χ1) is 14.3. The highest BCUT2D eigenvalue weighted by atomic mass is 19.4. The van der Waals surface area contributed by atoms with Gasteiger partial charge in [-0.05, 0) is 48.9 Å². The number of benzene rings is 3. The maximum absolute atomic E-state index is 13.1. The lowest BCUT2D eigenvalue weighted by atomic mass is 10.1. The summed E-state index contributed by atoms with van der Waals surface area (Å²) in [5.74, 6) is 0.142. The molecule has 0 radical (unpaired) electrons. The van der Waals surface area contributed by atoms with Gasteiger partial charge in [0.25, 0.3) is 5.91 Å². The summed E-state index contributed by atoms with van der Waals surface area (Å²) in [4.78, 5) is 13.1. The number of carbonyl (C=O) groups is 1. The van der Waals surface area contributed by atoms with Crippen molar-refractivity contribution < 1.29 is 27.4 Å². The summed E-state index contributed by atoms with van der Waals surface area (Å²) in [6, 6.07) is 18.3. The minimum Gasteiger partial charge on any atom is -0.495 e. The minimum absolute atomic E-state index is 0.142. The molecule has 3 aromatic carbocycles. The largest absolute Gasteiger partial charge is 0.495 e. The third kappa shape index (κ3) is 5.11. The second-order valence-electron chi connectivity index (χ2n) is 6.62. The molecule has 0 aliphatic rings. The van der Waals surface area contributed by atoms with Gasteiger partial charge >= 0.3 is 6.18 Å². The Morgan fingerprint density at radius 3 is 2.23 bits per heavy atom. The van der Waals surface area contributed by atoms with Gasteiger partial charge in [-0.1, -0.05) is 36.4 Å². The molecule has 0 saturated heterocycles. The summed E-state index contributed by atoms with van der Waals surface area (Å²) in [6.45, 7) is 1.88. The van der Waals surface area contributed by atoms with E-state index in [9.17, 15) is 18.0 Å². The lowest BCUT2D eigenvalue weighted by Crippen LogP contribution is -2.26. The number of anilines is 1. The van der Waals surface area contributed by atoms with Crippen LogP contribution in [0.4, 0.5) is 18.9 Å². The van der Waals surface area contributed by atoms with Gasteiger partial charge in [-0.15, -0.1) is 0 Å². The van der Waals surface area contributed by atoms with Crippen molar-refractivity contribution in [2.75, 3.05) is 12.4 Å². The lowest BCUT2D eigenvalue weighted by molar-refractivity contribution is -0.137. The van der Waals surface area contributed by atoms with Crippen molar-refractivity contribution in [1.29, 1.82) is 0 Å². The van der Waals surface area contributed by atoms with Gasteiger partial charge in [-0.3, -0.25) is 4.79 Å². The van der Waals surface area contributed by atoms with Crippen molar-refractivity contribution in [3.05, 3.63) is 89.5 Å². The van der Waals surface area contributed by atoms with Crippen LogP contribution in [0.1, 0.15) is 22.8 Å². The first-order valence-corrected chi connectivity index (χ1v) is 9.12. The molecule has 7 heteroatoms. The summed E-state index contributed by atoms with van der Waals surface area (Å²) < 4.78 is 49.5. The molecule has 4 nitrogen and oxygen atoms in total. The van der Waals surface area contributed by atoms with Crippen molar-refractivity contribution in [3.8, 4) is 11.5 Å². The average Bonchev–Trinajstić information content (AvgIpc) is 2.72. The van der Waals surface area contributed by atoms with Crippen LogP contribution in [0.3, 0.4) is 0 Å². The molecule has 0 bridgehead atoms. The first-order valence-electron chi connectivity index (χ1n) is 9.12. The van der Waals surface area contributed by atoms with E-state index in [0.29, 0.717) is 17.0 Å². The third-order valence-electron chi connectivity index (χ3n) is 4.39. The highest BCUT2D eigenvalue weighted by molar-refractivity contribution is 5.96. The molecule has 3 aromatic rings. The number of ether oxygens (including phenoxy) is 2. The molecule has 0 aromatic heterocycles. The number of alkyl halides is 3. The van der Waals surface area contributed by atoms with Gasteiger partial charge in [0, 0.05) is 5.56 Å². The van der Waals surface area contributed by atoms with Crippen LogP contribution in [0.2, 0.25) is 0 Å². The van der Waals surface area contributed by atoms with Crippen LogP contribution >= 0.6 is 0 Å². The van der Waals surface area contributed by atoms with Gasteiger partial charge < -0.3 is 14.8 Å². The number of halogens is 3. The van der Waals surface area contributed by atoms with E-state index in [0.717, 1.165) is 17.7 Å². The number of amides is 1. The van der Waals surface area contributed by atoms with E-state index >= 15 is 0 Å². The van der Waals surface area contributed by atoms with Crippen LogP contribution in [-0.4, -0.2) is 13.0 Å². The Bertz CT molecular complexity index is 1000. The van der Waals surface area contributed by atoms with Gasteiger partial charge in [-0.2, -0.15) is 13.2 Å². The molecule has 1 amide bonds. The molecule has 0 heterocycles. The number of methoxy groups -OCH3 is 1. The van der Waals surface area contributed by atoms with Crippen LogP contribution in [0.15, 0.2) is 72.8 Å². The average molecular weight is 415 g/mol. The van der Waals surface area contributed by atoms with E-state index in [2.05, 4.69) is 5.32 Å². The molecule has 1 N–H and O–H groups in total. The quantitative estimate of drug-likeness (QED) is 0.555. The number of nitrogens with one attached hydrogen (secondary N) is 1. The predicted molar refractivity (Wildman–Crippen MR) is 108 cm³/mol. The SMILES string of the molecule is COc1ccc(C)cc1NC(=O)[C@@H](Oc1ccc(C(F)(F)F)cc1)c1ccccc1. The number of hydrogen-bond acceptors (Lipinski definition) is 3. The van der Waals surface area contributed by atoms with E-state index < -0.39 is 23.8 Å². The highest BCUT2D eigenvalue weighted by Crippen LogP contribution is 2.32. The van der Waals surface area contributed by atoms with Gasteiger partial charge in [0.1, 0.15) is 11.5 Å². The maximum atomic E-state index is 13.1. The first kappa shape index (κ1) is 21.2. The fourth-order valence-corrected chi connectivity index (χ4v) is 2.88. The van der Waals surface area contributed by atoms with Crippen LogP contribution in [0.25, 0.3) is 0 Å². The molecule has 0 fully saturated rings. The molecule has 0 aliphatic heterocycles. The van der Waals surface area contributed by atoms with Gasteiger partial charge in [0.15, 0.2) is 0 Å². The minimum atomic E-state index is -4.45. The Morgan fingerprint density at radius 1 is 0.967 bits per heavy atom. The molecule has 0 saturated carbocycles. The van der Waals surface area contributed by atoms with Gasteiger partial charge in [0.05, 0.1) is 18.4 Å². The fraction of sp³-hybridized carbons (Fsp3) is 0.174. The smallest absolute Gasteiger partial charge is 0.416 e. The van der Waals surface area contributed by atoms with Crippen molar-refractivity contribution >= 4 is 11.6 Å². The molecule has 3 rings (SSSR count). The summed E-state index contributed by atoms with van der Waals surface area (Å²) in [5, 5.41) is 2.79. The zero-order valence-corrected chi connectivity index (χ0v) is 16.4. The summed E-state index contributed by atoms with van der Waals surface area (Å²) in [7, 11) is 1.49. The number of rotatable bonds is 6. The van der Waals surface area contributed by atoms with Crippen LogP contribution < -0.4 is 14.8 Å². The summed E-state index contributed by atoms with van der Waals surface area (Å²) >= 11 is 0. The molecule has 30 heavy (non-hydrogen) atoms. The predicted octanol–water partition coefficient (Wildman–Crippen LogP) is 5.78. The van der Waals surface area contributed by atoms with E-state index in [1.807, 2.05) is 13.0 Å². The van der Waals surface area contributed by atoms with E-state index in [1.165, 1.54) is 19.2 Å². The maximum Gasteiger partial charge on any atom is 0.416 e. The second kappa shape index (κ2) is 8.90. The van der Waals surface area contributed by atoms with Crippen molar-refractivity contribution in [2.24, 2.45) is 0 Å². The number of carbonyl (C=O) groups excluding carboxylic acids is 1. The Hall–Kier alpha value is -3.48. The molecule has 0 aliphatic carbocycles. The normalized spacial score (nSPS) is 12.2. The van der Waals surface area contributed by atoms with E-state index in [1.54, 1.807) is 42.5 Å². The molecule has 0 unspecified atom stereocenters. The Balaban J connectivity index is 1.88. The van der Waals surface area contributed by atoms with Crippen molar-refractivity contribution in [2.45, 2.75) is 19.2 Å². The van der Waals surface area contributed by atoms with Crippen LogP contribution in [0, 0.1) is 6.92 Å². The fourth-order valence-electron chi connectivity index (χ4n) is 2.88. The van der Waals surface area contributed by atoms with Gasteiger partial charge in [-0.25, -0.2) is 0 Å². The Morgan fingerprint density at radius 2 is 1.63 bits per heavy atom.